The highest BCUT2D eigenvalue weighted by molar-refractivity contribution is 7.85. The predicted octanol–water partition coefficient (Wildman–Crippen LogP) is 13.5. The van der Waals surface area contributed by atoms with Crippen molar-refractivity contribution in [3.63, 3.8) is 0 Å². The number of aliphatic hydroxyl groups excluding tert-OH is 2. The summed E-state index contributed by atoms with van der Waals surface area (Å²) >= 11 is 0. The van der Waals surface area contributed by atoms with Crippen molar-refractivity contribution in [2.45, 2.75) is 276 Å². The number of allylic oxidation sites excluding steroid dienone is 2. The fourth-order valence-corrected chi connectivity index (χ4v) is 8.39. The number of amides is 1. The van der Waals surface area contributed by atoms with Crippen molar-refractivity contribution >= 4 is 16.0 Å². The molecule has 0 aliphatic heterocycles. The molecular weight excluding hydrogens is 707 g/mol. The summed E-state index contributed by atoms with van der Waals surface area (Å²) in [5, 5.41) is 23.6. The van der Waals surface area contributed by atoms with Crippen LogP contribution in [-0.4, -0.2) is 53.1 Å². The van der Waals surface area contributed by atoms with Gasteiger partial charge in [-0.05, 0) is 38.5 Å². The molecule has 0 aromatic rings. The van der Waals surface area contributed by atoms with Crippen LogP contribution in [0, 0.1) is 0 Å². The summed E-state index contributed by atoms with van der Waals surface area (Å²) < 4.78 is 32.7. The lowest BCUT2D eigenvalue weighted by Crippen LogP contribution is -2.50. The van der Waals surface area contributed by atoms with Crippen LogP contribution in [0.1, 0.15) is 258 Å². The minimum atomic E-state index is -4.41. The van der Waals surface area contributed by atoms with Gasteiger partial charge in [0.2, 0.25) is 5.91 Å². The fourth-order valence-electron chi connectivity index (χ4n) is 7.63. The Kier molecular flexibility index (Phi) is 40.5. The fraction of sp³-hybridized carbons (Fsp3) is 0.936. The summed E-state index contributed by atoms with van der Waals surface area (Å²) in [6, 6.07) is -1.15. The summed E-state index contributed by atoms with van der Waals surface area (Å²) in [7, 11) is -4.41. The molecule has 0 aromatic heterocycles. The molecule has 0 aliphatic carbocycles. The lowest BCUT2D eigenvalue weighted by molar-refractivity contribution is -0.131. The lowest BCUT2D eigenvalue weighted by Gasteiger charge is -2.24. The molecule has 0 aromatic carbocycles. The second-order valence-corrected chi connectivity index (χ2v) is 18.4. The van der Waals surface area contributed by atoms with Crippen LogP contribution in [0.25, 0.3) is 0 Å². The number of rotatable bonds is 44. The third kappa shape index (κ3) is 41.0. The Morgan fingerprint density at radius 3 is 1.09 bits per heavy atom. The van der Waals surface area contributed by atoms with Crippen molar-refractivity contribution in [3.05, 3.63) is 12.2 Å². The third-order valence-corrected chi connectivity index (χ3v) is 12.1. The molecule has 0 bridgehead atoms. The van der Waals surface area contributed by atoms with Gasteiger partial charge in [0, 0.05) is 0 Å². The Morgan fingerprint density at radius 2 is 0.764 bits per heavy atom. The first-order chi connectivity index (χ1) is 26.7. The van der Waals surface area contributed by atoms with Crippen molar-refractivity contribution in [2.24, 2.45) is 0 Å². The van der Waals surface area contributed by atoms with Gasteiger partial charge in [0.1, 0.15) is 6.10 Å². The molecule has 3 unspecified atom stereocenters. The number of hydrogen-bond donors (Lipinski definition) is 4. The normalized spacial score (nSPS) is 13.8. The zero-order chi connectivity index (χ0) is 40.5. The number of aliphatic hydroxyl groups is 2. The monoisotopic (exact) mass is 800 g/mol. The van der Waals surface area contributed by atoms with Crippen LogP contribution in [0.15, 0.2) is 12.2 Å². The van der Waals surface area contributed by atoms with Crippen molar-refractivity contribution in [1.29, 1.82) is 0 Å². The zero-order valence-electron chi connectivity index (χ0n) is 36.4. The van der Waals surface area contributed by atoms with Gasteiger partial charge in [-0.2, -0.15) is 8.42 Å². The maximum atomic E-state index is 12.7. The van der Waals surface area contributed by atoms with E-state index in [2.05, 4.69) is 31.3 Å². The molecule has 0 heterocycles. The van der Waals surface area contributed by atoms with E-state index in [1.54, 1.807) is 0 Å². The van der Waals surface area contributed by atoms with Gasteiger partial charge < -0.3 is 15.5 Å². The Balaban J connectivity index is 3.88. The highest BCUT2D eigenvalue weighted by Gasteiger charge is 2.28. The standard InChI is InChI=1S/C47H93NO6S/c1-3-5-7-9-11-13-15-17-19-21-23-24-26-28-30-32-34-36-38-40-42-46(50)47(51)48-44(43-55(52,53)54)45(49)41-39-37-35-33-31-29-27-25-22-20-18-16-14-12-10-8-6-4-2/h24,26,44-46,49-50H,3-23,25,27-43H2,1-2H3,(H,48,51)(H,52,53,54)/b26-24-. The third-order valence-electron chi connectivity index (χ3n) is 11.3. The van der Waals surface area contributed by atoms with Crippen LogP contribution in [-0.2, 0) is 14.9 Å². The van der Waals surface area contributed by atoms with Crippen LogP contribution < -0.4 is 5.32 Å². The average Bonchev–Trinajstić information content (AvgIpc) is 3.15. The van der Waals surface area contributed by atoms with E-state index >= 15 is 0 Å². The quantitative estimate of drug-likeness (QED) is 0.0276. The molecule has 3 atom stereocenters. The second kappa shape index (κ2) is 41.2. The minimum absolute atomic E-state index is 0.293. The summed E-state index contributed by atoms with van der Waals surface area (Å²) in [6.07, 6.45) is 48.0. The molecule has 0 rings (SSSR count). The van der Waals surface area contributed by atoms with Gasteiger partial charge in [0.05, 0.1) is 17.9 Å². The minimum Gasteiger partial charge on any atom is -0.391 e. The molecule has 7 nitrogen and oxygen atoms in total. The van der Waals surface area contributed by atoms with Crippen molar-refractivity contribution in [2.75, 3.05) is 5.75 Å². The molecule has 0 radical (unpaired) electrons. The first-order valence-corrected chi connectivity index (χ1v) is 25.6. The topological polar surface area (TPSA) is 124 Å². The Bertz CT molecular complexity index is 942. The van der Waals surface area contributed by atoms with E-state index in [0.29, 0.717) is 19.3 Å². The molecule has 328 valence electrons. The first-order valence-electron chi connectivity index (χ1n) is 24.0. The maximum absolute atomic E-state index is 12.7. The molecular formula is C47H93NO6S. The van der Waals surface area contributed by atoms with Gasteiger partial charge >= 0.3 is 0 Å². The molecule has 0 saturated heterocycles. The first kappa shape index (κ1) is 54.0. The average molecular weight is 800 g/mol. The second-order valence-electron chi connectivity index (χ2n) is 16.9. The van der Waals surface area contributed by atoms with Crippen molar-refractivity contribution in [1.82, 2.24) is 5.32 Å². The number of carbonyl (C=O) groups is 1. The van der Waals surface area contributed by atoms with E-state index in [9.17, 15) is 28.0 Å². The number of nitrogens with one attached hydrogen (secondary N) is 1. The van der Waals surface area contributed by atoms with Crippen molar-refractivity contribution < 1.29 is 28.0 Å². The van der Waals surface area contributed by atoms with Crippen molar-refractivity contribution in [3.8, 4) is 0 Å². The molecule has 0 fully saturated rings. The molecule has 0 aliphatic rings. The molecule has 4 N–H and O–H groups in total. The van der Waals surface area contributed by atoms with Gasteiger partial charge in [0.25, 0.3) is 10.1 Å². The van der Waals surface area contributed by atoms with Gasteiger partial charge in [-0.15, -0.1) is 0 Å². The molecule has 0 spiro atoms. The summed E-state index contributed by atoms with van der Waals surface area (Å²) in [4.78, 5) is 12.7. The van der Waals surface area contributed by atoms with Crippen LogP contribution >= 0.6 is 0 Å². The SMILES string of the molecule is CCCCCCCCCCCC/C=C\CCCCCCCCC(O)C(=O)NC(CS(=O)(=O)O)C(O)CCCCCCCCCCCCCCCCCCCC. The van der Waals surface area contributed by atoms with E-state index in [4.69, 9.17) is 0 Å². The van der Waals surface area contributed by atoms with Crippen LogP contribution in [0.3, 0.4) is 0 Å². The van der Waals surface area contributed by atoms with E-state index in [1.807, 2.05) is 0 Å². The smallest absolute Gasteiger partial charge is 0.266 e. The summed E-state index contributed by atoms with van der Waals surface area (Å²) in [6.45, 7) is 4.54. The van der Waals surface area contributed by atoms with Gasteiger partial charge in [-0.3, -0.25) is 9.35 Å². The van der Waals surface area contributed by atoms with Gasteiger partial charge in [0.15, 0.2) is 0 Å². The van der Waals surface area contributed by atoms with E-state index in [0.717, 1.165) is 51.4 Å². The molecule has 8 heteroatoms. The Morgan fingerprint density at radius 1 is 0.473 bits per heavy atom. The van der Waals surface area contributed by atoms with E-state index in [1.165, 1.54) is 173 Å². The van der Waals surface area contributed by atoms with Crippen LogP contribution in [0.5, 0.6) is 0 Å². The molecule has 55 heavy (non-hydrogen) atoms. The largest absolute Gasteiger partial charge is 0.391 e. The van der Waals surface area contributed by atoms with Gasteiger partial charge in [-0.1, -0.05) is 231 Å². The Labute approximate surface area is 342 Å². The lowest BCUT2D eigenvalue weighted by atomic mass is 10.0. The molecule has 1 amide bonds. The predicted molar refractivity (Wildman–Crippen MR) is 236 cm³/mol. The number of carbonyl (C=O) groups excluding carboxylic acids is 1. The van der Waals surface area contributed by atoms with E-state index in [-0.39, 0.29) is 0 Å². The summed E-state index contributed by atoms with van der Waals surface area (Å²) in [5.74, 6) is -1.45. The zero-order valence-corrected chi connectivity index (χ0v) is 37.3. The highest BCUT2D eigenvalue weighted by Crippen LogP contribution is 2.17. The van der Waals surface area contributed by atoms with E-state index < -0.39 is 40.0 Å². The Hall–Kier alpha value is -0.960. The van der Waals surface area contributed by atoms with Gasteiger partial charge in [-0.25, -0.2) is 0 Å². The summed E-state index contributed by atoms with van der Waals surface area (Å²) in [5.41, 5.74) is 0. The van der Waals surface area contributed by atoms with Crippen LogP contribution in [0.2, 0.25) is 0 Å². The number of unbranched alkanes of at least 4 members (excludes halogenated alkanes) is 33. The highest BCUT2D eigenvalue weighted by atomic mass is 32.2. The number of hydrogen-bond acceptors (Lipinski definition) is 5. The molecule has 0 saturated carbocycles. The maximum Gasteiger partial charge on any atom is 0.266 e. The van der Waals surface area contributed by atoms with Crippen LogP contribution in [0.4, 0.5) is 0 Å².